The molecule has 0 spiro atoms. The molecule has 1 aromatic rings. The quantitative estimate of drug-likeness (QED) is 0.740. The van der Waals surface area contributed by atoms with Crippen LogP contribution in [0.1, 0.15) is 5.56 Å². The summed E-state index contributed by atoms with van der Waals surface area (Å²) < 4.78 is 4.85. The summed E-state index contributed by atoms with van der Waals surface area (Å²) in [5.74, 6) is 0.291. The van der Waals surface area contributed by atoms with Gasteiger partial charge in [-0.15, -0.1) is 0 Å². The Balaban J connectivity index is 2.58. The van der Waals surface area contributed by atoms with E-state index in [9.17, 15) is 0 Å². The fourth-order valence-corrected chi connectivity index (χ4v) is 0.866. The molecule has 0 aromatic heterocycles. The van der Waals surface area contributed by atoms with Crippen LogP contribution in [0.3, 0.4) is 0 Å². The second-order valence-corrected chi connectivity index (χ2v) is 2.45. The van der Waals surface area contributed by atoms with E-state index < -0.39 is 0 Å². The van der Waals surface area contributed by atoms with Gasteiger partial charge >= 0.3 is 0 Å². The summed E-state index contributed by atoms with van der Waals surface area (Å²) >= 11 is 0. The number of hydrogen-bond acceptors (Lipinski definition) is 2. The summed E-state index contributed by atoms with van der Waals surface area (Å²) in [6.45, 7) is 0.612. The summed E-state index contributed by atoms with van der Waals surface area (Å²) in [5, 5.41) is 8.98. The highest BCUT2D eigenvalue weighted by atomic mass is 16.5. The standard InChI is InChI=1S/C10H12O2/c1-12-8-2-3-9-4-6-10(11)7-5-9/h2-7,11H,8H2,1H3/b3-2+. The molecule has 1 aromatic carbocycles. The van der Waals surface area contributed by atoms with E-state index >= 15 is 0 Å². The van der Waals surface area contributed by atoms with Gasteiger partial charge in [0, 0.05) is 7.11 Å². The lowest BCUT2D eigenvalue weighted by molar-refractivity contribution is 0.234. The van der Waals surface area contributed by atoms with Gasteiger partial charge in [0.15, 0.2) is 0 Å². The fraction of sp³-hybridized carbons (Fsp3) is 0.200. The number of phenols is 1. The molecule has 0 atom stereocenters. The number of ether oxygens (including phenoxy) is 1. The van der Waals surface area contributed by atoms with Crippen molar-refractivity contribution in [3.05, 3.63) is 35.9 Å². The third-order valence-electron chi connectivity index (χ3n) is 1.47. The summed E-state index contributed by atoms with van der Waals surface area (Å²) in [6, 6.07) is 7.02. The highest BCUT2D eigenvalue weighted by molar-refractivity contribution is 5.50. The monoisotopic (exact) mass is 164 g/mol. The molecule has 0 saturated carbocycles. The van der Waals surface area contributed by atoms with E-state index in [-0.39, 0.29) is 0 Å². The van der Waals surface area contributed by atoms with Crippen LogP contribution in [-0.2, 0) is 4.74 Å². The molecule has 12 heavy (non-hydrogen) atoms. The molecule has 64 valence electrons. The maximum atomic E-state index is 8.98. The average molecular weight is 164 g/mol. The van der Waals surface area contributed by atoms with Crippen LogP contribution in [0.2, 0.25) is 0 Å². The fourth-order valence-electron chi connectivity index (χ4n) is 0.866. The number of rotatable bonds is 3. The third kappa shape index (κ3) is 2.76. The van der Waals surface area contributed by atoms with Gasteiger partial charge in [-0.3, -0.25) is 0 Å². The van der Waals surface area contributed by atoms with Gasteiger partial charge in [0.2, 0.25) is 0 Å². The van der Waals surface area contributed by atoms with Crippen molar-refractivity contribution in [2.45, 2.75) is 0 Å². The Morgan fingerprint density at radius 1 is 1.33 bits per heavy atom. The molecule has 1 rings (SSSR count). The number of benzene rings is 1. The lowest BCUT2D eigenvalue weighted by atomic mass is 10.2. The van der Waals surface area contributed by atoms with Crippen LogP contribution < -0.4 is 0 Å². The topological polar surface area (TPSA) is 29.5 Å². The van der Waals surface area contributed by atoms with Crippen LogP contribution in [0.5, 0.6) is 5.75 Å². The van der Waals surface area contributed by atoms with Crippen LogP contribution in [-0.4, -0.2) is 18.8 Å². The van der Waals surface area contributed by atoms with E-state index in [1.807, 2.05) is 24.3 Å². The Bertz CT molecular complexity index is 249. The summed E-state index contributed by atoms with van der Waals surface area (Å²) in [5.41, 5.74) is 1.06. The van der Waals surface area contributed by atoms with Crippen molar-refractivity contribution in [3.8, 4) is 5.75 Å². The lowest BCUT2D eigenvalue weighted by Crippen LogP contribution is -1.80. The molecule has 0 amide bonds. The van der Waals surface area contributed by atoms with Gasteiger partial charge in [0.1, 0.15) is 5.75 Å². The van der Waals surface area contributed by atoms with Crippen LogP contribution in [0.4, 0.5) is 0 Å². The van der Waals surface area contributed by atoms with E-state index in [2.05, 4.69) is 0 Å². The van der Waals surface area contributed by atoms with E-state index in [4.69, 9.17) is 9.84 Å². The zero-order valence-electron chi connectivity index (χ0n) is 7.03. The van der Waals surface area contributed by atoms with Gasteiger partial charge in [-0.25, -0.2) is 0 Å². The number of hydrogen-bond donors (Lipinski definition) is 1. The predicted molar refractivity (Wildman–Crippen MR) is 49.0 cm³/mol. The van der Waals surface area contributed by atoms with Crippen molar-refractivity contribution in [1.29, 1.82) is 0 Å². The predicted octanol–water partition coefficient (Wildman–Crippen LogP) is 2.05. The molecule has 1 N–H and O–H groups in total. The molecule has 0 aliphatic heterocycles. The van der Waals surface area contributed by atoms with Crippen LogP contribution >= 0.6 is 0 Å². The Kier molecular flexibility index (Phi) is 3.35. The molecule has 0 unspecified atom stereocenters. The maximum Gasteiger partial charge on any atom is 0.115 e. The van der Waals surface area contributed by atoms with E-state index in [0.29, 0.717) is 12.4 Å². The number of phenolic OH excluding ortho intramolecular Hbond substituents is 1. The molecule has 2 heteroatoms. The summed E-state index contributed by atoms with van der Waals surface area (Å²) in [7, 11) is 1.65. The van der Waals surface area contributed by atoms with Crippen molar-refractivity contribution in [3.63, 3.8) is 0 Å². The first-order valence-electron chi connectivity index (χ1n) is 3.77. The molecule has 0 saturated heterocycles. The zero-order valence-corrected chi connectivity index (χ0v) is 7.03. The molecular weight excluding hydrogens is 152 g/mol. The van der Waals surface area contributed by atoms with Gasteiger partial charge in [-0.05, 0) is 17.7 Å². The maximum absolute atomic E-state index is 8.98. The second kappa shape index (κ2) is 4.57. The molecule has 2 nitrogen and oxygen atoms in total. The minimum absolute atomic E-state index is 0.291. The largest absolute Gasteiger partial charge is 0.508 e. The minimum Gasteiger partial charge on any atom is -0.508 e. The molecule has 0 radical (unpaired) electrons. The SMILES string of the molecule is COC/C=C/c1ccc(O)cc1. The molecule has 0 aliphatic rings. The third-order valence-corrected chi connectivity index (χ3v) is 1.47. The molecule has 0 bridgehead atoms. The van der Waals surface area contributed by atoms with Crippen LogP contribution in [0.15, 0.2) is 30.3 Å². The van der Waals surface area contributed by atoms with Crippen LogP contribution in [0, 0.1) is 0 Å². The van der Waals surface area contributed by atoms with Crippen molar-refractivity contribution < 1.29 is 9.84 Å². The van der Waals surface area contributed by atoms with Gasteiger partial charge in [0.25, 0.3) is 0 Å². The van der Waals surface area contributed by atoms with Crippen LogP contribution in [0.25, 0.3) is 6.08 Å². The summed E-state index contributed by atoms with van der Waals surface area (Å²) in [4.78, 5) is 0. The Morgan fingerprint density at radius 2 is 2.00 bits per heavy atom. The highest BCUT2D eigenvalue weighted by Gasteiger charge is 1.86. The Labute approximate surface area is 72.1 Å². The van der Waals surface area contributed by atoms with Crippen molar-refractivity contribution in [2.24, 2.45) is 0 Å². The highest BCUT2D eigenvalue weighted by Crippen LogP contribution is 2.10. The van der Waals surface area contributed by atoms with Gasteiger partial charge in [-0.2, -0.15) is 0 Å². The van der Waals surface area contributed by atoms with Gasteiger partial charge in [0.05, 0.1) is 6.61 Å². The molecule has 0 fully saturated rings. The number of aromatic hydroxyl groups is 1. The van der Waals surface area contributed by atoms with Crippen molar-refractivity contribution in [2.75, 3.05) is 13.7 Å². The minimum atomic E-state index is 0.291. The number of methoxy groups -OCH3 is 1. The van der Waals surface area contributed by atoms with E-state index in [0.717, 1.165) is 5.56 Å². The first-order valence-corrected chi connectivity index (χ1v) is 3.77. The lowest BCUT2D eigenvalue weighted by Gasteiger charge is -1.93. The van der Waals surface area contributed by atoms with E-state index in [1.165, 1.54) is 0 Å². The first kappa shape index (κ1) is 8.81. The molecular formula is C10H12O2. The Morgan fingerprint density at radius 3 is 2.58 bits per heavy atom. The smallest absolute Gasteiger partial charge is 0.115 e. The molecule has 0 heterocycles. The van der Waals surface area contributed by atoms with Crippen molar-refractivity contribution >= 4 is 6.08 Å². The summed E-state index contributed by atoms with van der Waals surface area (Å²) in [6.07, 6.45) is 3.87. The molecule has 0 aliphatic carbocycles. The second-order valence-electron chi connectivity index (χ2n) is 2.45. The van der Waals surface area contributed by atoms with Gasteiger partial charge < -0.3 is 9.84 Å². The normalized spacial score (nSPS) is 10.8. The van der Waals surface area contributed by atoms with E-state index in [1.54, 1.807) is 19.2 Å². The zero-order chi connectivity index (χ0) is 8.81. The average Bonchev–Trinajstić information content (AvgIpc) is 2.09. The van der Waals surface area contributed by atoms with Gasteiger partial charge in [-0.1, -0.05) is 24.3 Å². The first-order chi connectivity index (χ1) is 5.83. The van der Waals surface area contributed by atoms with Crippen molar-refractivity contribution in [1.82, 2.24) is 0 Å². The Hall–Kier alpha value is -1.28.